The Kier molecular flexibility index (Phi) is 9.84. The molecule has 1 amide bonds. The number of hydrogen-bond donors (Lipinski definition) is 1. The summed E-state index contributed by atoms with van der Waals surface area (Å²) in [6.07, 6.45) is 4.99. The lowest BCUT2D eigenvalue weighted by Gasteiger charge is -2.19. The normalized spacial score (nSPS) is 12.6. The topological polar surface area (TPSA) is 64.6 Å². The van der Waals surface area contributed by atoms with Gasteiger partial charge in [-0.1, -0.05) is 26.2 Å². The molecule has 0 aromatic rings. The molecule has 0 aliphatic rings. The highest BCUT2D eigenvalue weighted by Crippen LogP contribution is 2.11. The second-order valence-electron chi connectivity index (χ2n) is 6.54. The van der Waals surface area contributed by atoms with Crippen LogP contribution in [0.3, 0.4) is 0 Å². The van der Waals surface area contributed by atoms with Crippen molar-refractivity contribution in [3.8, 4) is 0 Å². The predicted octanol–water partition coefficient (Wildman–Crippen LogP) is 3.66. The van der Waals surface area contributed by atoms with E-state index in [2.05, 4.69) is 12.2 Å². The van der Waals surface area contributed by atoms with Gasteiger partial charge in [0, 0.05) is 13.5 Å². The van der Waals surface area contributed by atoms with E-state index < -0.39 is 5.60 Å². The lowest BCUT2D eigenvalue weighted by Crippen LogP contribution is -2.32. The van der Waals surface area contributed by atoms with Crippen molar-refractivity contribution in [1.29, 1.82) is 0 Å². The first-order valence-corrected chi connectivity index (χ1v) is 7.81. The molecule has 1 N–H and O–H groups in total. The number of esters is 1. The fraction of sp³-hybridized carbons (Fsp3) is 0.875. The smallest absolute Gasteiger partial charge is 0.407 e. The molecule has 1 atom stereocenters. The molecule has 0 bridgehead atoms. The van der Waals surface area contributed by atoms with E-state index in [0.717, 1.165) is 32.1 Å². The van der Waals surface area contributed by atoms with Crippen LogP contribution in [0.1, 0.15) is 66.7 Å². The van der Waals surface area contributed by atoms with Crippen LogP contribution in [-0.2, 0) is 14.3 Å². The molecular formula is C16H31NO4. The summed E-state index contributed by atoms with van der Waals surface area (Å²) >= 11 is 0. The first-order valence-electron chi connectivity index (χ1n) is 7.81. The standard InChI is InChI=1S/C16H31NO4/c1-13(12-20-14(2)18)10-8-6-7-9-11-17-15(19)21-16(3,4)5/h13H,6-12H2,1-5H3,(H,17,19). The summed E-state index contributed by atoms with van der Waals surface area (Å²) in [5.41, 5.74) is -0.442. The molecule has 21 heavy (non-hydrogen) atoms. The third-order valence-electron chi connectivity index (χ3n) is 2.86. The molecule has 0 aromatic heterocycles. The number of carbonyl (C=O) groups is 2. The molecule has 0 saturated heterocycles. The van der Waals surface area contributed by atoms with E-state index in [1.807, 2.05) is 20.8 Å². The van der Waals surface area contributed by atoms with Gasteiger partial charge in [-0.05, 0) is 39.5 Å². The van der Waals surface area contributed by atoms with Crippen LogP contribution in [0, 0.1) is 5.92 Å². The van der Waals surface area contributed by atoms with Crippen molar-refractivity contribution in [2.24, 2.45) is 5.92 Å². The van der Waals surface area contributed by atoms with Crippen LogP contribution in [0.2, 0.25) is 0 Å². The molecule has 0 rings (SSSR count). The number of alkyl carbamates (subject to hydrolysis) is 1. The second kappa shape index (κ2) is 10.5. The van der Waals surface area contributed by atoms with Crippen LogP contribution < -0.4 is 5.32 Å². The van der Waals surface area contributed by atoms with Gasteiger partial charge in [-0.3, -0.25) is 4.79 Å². The first kappa shape index (κ1) is 19.7. The third-order valence-corrected chi connectivity index (χ3v) is 2.86. The Balaban J connectivity index is 3.40. The molecule has 0 aliphatic carbocycles. The van der Waals surface area contributed by atoms with Crippen LogP contribution >= 0.6 is 0 Å². The van der Waals surface area contributed by atoms with E-state index in [1.165, 1.54) is 6.92 Å². The van der Waals surface area contributed by atoms with Crippen molar-refractivity contribution in [3.05, 3.63) is 0 Å². The Hall–Kier alpha value is -1.26. The number of amides is 1. The van der Waals surface area contributed by atoms with Gasteiger partial charge in [0.2, 0.25) is 0 Å². The van der Waals surface area contributed by atoms with Crippen molar-refractivity contribution < 1.29 is 19.1 Å². The van der Waals surface area contributed by atoms with Gasteiger partial charge in [-0.25, -0.2) is 4.79 Å². The Morgan fingerprint density at radius 2 is 1.71 bits per heavy atom. The molecule has 0 aromatic carbocycles. The van der Waals surface area contributed by atoms with Gasteiger partial charge in [0.25, 0.3) is 0 Å². The number of ether oxygens (including phenoxy) is 2. The van der Waals surface area contributed by atoms with Gasteiger partial charge < -0.3 is 14.8 Å². The lowest BCUT2D eigenvalue weighted by atomic mass is 10.0. The molecule has 0 radical (unpaired) electrons. The van der Waals surface area contributed by atoms with E-state index in [0.29, 0.717) is 19.1 Å². The Bertz CT molecular complexity index is 310. The Morgan fingerprint density at radius 1 is 1.10 bits per heavy atom. The monoisotopic (exact) mass is 301 g/mol. The number of rotatable bonds is 9. The van der Waals surface area contributed by atoms with Gasteiger partial charge >= 0.3 is 12.1 Å². The van der Waals surface area contributed by atoms with Gasteiger partial charge in [0.1, 0.15) is 5.60 Å². The SMILES string of the molecule is CC(=O)OCC(C)CCCCCCNC(=O)OC(C)(C)C. The summed E-state index contributed by atoms with van der Waals surface area (Å²) < 4.78 is 10.1. The van der Waals surface area contributed by atoms with Gasteiger partial charge in [0.15, 0.2) is 0 Å². The molecule has 5 heteroatoms. The van der Waals surface area contributed by atoms with Crippen molar-refractivity contribution in [2.45, 2.75) is 72.3 Å². The van der Waals surface area contributed by atoms with Crippen molar-refractivity contribution >= 4 is 12.1 Å². The molecule has 0 saturated carbocycles. The second-order valence-corrected chi connectivity index (χ2v) is 6.54. The van der Waals surface area contributed by atoms with Crippen LogP contribution in [0.25, 0.3) is 0 Å². The summed E-state index contributed by atoms with van der Waals surface area (Å²) in [5.74, 6) is 0.198. The summed E-state index contributed by atoms with van der Waals surface area (Å²) in [7, 11) is 0. The largest absolute Gasteiger partial charge is 0.466 e. The quantitative estimate of drug-likeness (QED) is 0.521. The van der Waals surface area contributed by atoms with Crippen LogP contribution in [-0.4, -0.2) is 30.8 Å². The highest BCUT2D eigenvalue weighted by Gasteiger charge is 2.15. The Morgan fingerprint density at radius 3 is 2.29 bits per heavy atom. The van der Waals surface area contributed by atoms with Crippen LogP contribution in [0.15, 0.2) is 0 Å². The number of carbonyl (C=O) groups excluding carboxylic acids is 2. The molecule has 0 spiro atoms. The summed E-state index contributed by atoms with van der Waals surface area (Å²) in [6, 6.07) is 0. The van der Waals surface area contributed by atoms with Crippen molar-refractivity contribution in [1.82, 2.24) is 5.32 Å². The number of nitrogens with one attached hydrogen (secondary N) is 1. The van der Waals surface area contributed by atoms with E-state index in [4.69, 9.17) is 9.47 Å². The maximum absolute atomic E-state index is 11.4. The summed E-state index contributed by atoms with van der Waals surface area (Å²) in [6.45, 7) is 10.2. The predicted molar refractivity (Wildman–Crippen MR) is 83.1 cm³/mol. The maximum atomic E-state index is 11.4. The molecule has 1 unspecified atom stereocenters. The zero-order valence-electron chi connectivity index (χ0n) is 14.2. The zero-order chi connectivity index (χ0) is 16.3. The molecule has 0 aliphatic heterocycles. The van der Waals surface area contributed by atoms with E-state index >= 15 is 0 Å². The minimum Gasteiger partial charge on any atom is -0.466 e. The lowest BCUT2D eigenvalue weighted by molar-refractivity contribution is -0.142. The minimum absolute atomic E-state index is 0.213. The molecule has 0 fully saturated rings. The molecule has 124 valence electrons. The fourth-order valence-corrected chi connectivity index (χ4v) is 1.82. The Labute approximate surface area is 128 Å². The van der Waals surface area contributed by atoms with Crippen LogP contribution in [0.4, 0.5) is 4.79 Å². The fourth-order valence-electron chi connectivity index (χ4n) is 1.82. The summed E-state index contributed by atoms with van der Waals surface area (Å²) in [5, 5.41) is 2.75. The zero-order valence-corrected chi connectivity index (χ0v) is 14.2. The highest BCUT2D eigenvalue weighted by atomic mass is 16.6. The van der Waals surface area contributed by atoms with E-state index in [9.17, 15) is 9.59 Å². The highest BCUT2D eigenvalue weighted by molar-refractivity contribution is 5.67. The van der Waals surface area contributed by atoms with E-state index in [-0.39, 0.29) is 12.1 Å². The molecular weight excluding hydrogens is 270 g/mol. The molecule has 0 heterocycles. The molecule has 5 nitrogen and oxygen atoms in total. The van der Waals surface area contributed by atoms with Crippen LogP contribution in [0.5, 0.6) is 0 Å². The number of hydrogen-bond acceptors (Lipinski definition) is 4. The maximum Gasteiger partial charge on any atom is 0.407 e. The number of unbranched alkanes of at least 4 members (excludes halogenated alkanes) is 3. The van der Waals surface area contributed by atoms with Crippen molar-refractivity contribution in [2.75, 3.05) is 13.2 Å². The first-order chi connectivity index (χ1) is 9.70. The van der Waals surface area contributed by atoms with Gasteiger partial charge in [-0.2, -0.15) is 0 Å². The van der Waals surface area contributed by atoms with E-state index in [1.54, 1.807) is 0 Å². The van der Waals surface area contributed by atoms with Gasteiger partial charge in [0.05, 0.1) is 6.61 Å². The average molecular weight is 301 g/mol. The summed E-state index contributed by atoms with van der Waals surface area (Å²) in [4.78, 5) is 22.1. The minimum atomic E-state index is -0.442. The van der Waals surface area contributed by atoms with Gasteiger partial charge in [-0.15, -0.1) is 0 Å². The average Bonchev–Trinajstić information content (AvgIpc) is 2.33. The third kappa shape index (κ3) is 15.0. The van der Waals surface area contributed by atoms with Crippen molar-refractivity contribution in [3.63, 3.8) is 0 Å².